The monoisotopic (exact) mass is 299 g/mol. The molecule has 2 fully saturated rings. The Labute approximate surface area is 127 Å². The molecule has 3 atom stereocenters. The van der Waals surface area contributed by atoms with Gasteiger partial charge in [-0.05, 0) is 44.1 Å². The smallest absolute Gasteiger partial charge is 0.0509 e. The van der Waals surface area contributed by atoms with Crippen LogP contribution in [0, 0.1) is 5.41 Å². The van der Waals surface area contributed by atoms with Gasteiger partial charge in [0.05, 0.1) is 5.25 Å². The molecule has 2 rings (SSSR count). The van der Waals surface area contributed by atoms with Gasteiger partial charge in [-0.1, -0.05) is 46.5 Å². The Morgan fingerprint density at radius 2 is 1.80 bits per heavy atom. The third kappa shape index (κ3) is 3.85. The van der Waals surface area contributed by atoms with Crippen LogP contribution in [-0.4, -0.2) is 27.3 Å². The number of hydrogen-bond acceptors (Lipinski definition) is 2. The second-order valence-electron chi connectivity index (χ2n) is 7.44. The van der Waals surface area contributed by atoms with Crippen molar-refractivity contribution in [3.05, 3.63) is 0 Å². The van der Waals surface area contributed by atoms with Crippen LogP contribution >= 0.6 is 0 Å². The highest BCUT2D eigenvalue weighted by atomic mass is 32.2. The molecule has 0 spiro atoms. The molecule has 0 radical (unpaired) electrons. The van der Waals surface area contributed by atoms with Crippen molar-refractivity contribution in [1.82, 2.24) is 5.32 Å². The average Bonchev–Trinajstić information content (AvgIpc) is 2.45. The van der Waals surface area contributed by atoms with Crippen LogP contribution < -0.4 is 5.32 Å². The fourth-order valence-corrected chi connectivity index (χ4v) is 6.51. The highest BCUT2D eigenvalue weighted by Crippen LogP contribution is 2.39. The van der Waals surface area contributed by atoms with Gasteiger partial charge in [0.15, 0.2) is 0 Å². The van der Waals surface area contributed by atoms with Gasteiger partial charge in [0, 0.05) is 22.1 Å². The zero-order chi connectivity index (χ0) is 14.6. The Bertz CT molecular complexity index is 323. The molecule has 0 aromatic carbocycles. The van der Waals surface area contributed by atoms with E-state index in [-0.39, 0.29) is 0 Å². The van der Waals surface area contributed by atoms with Crippen molar-refractivity contribution in [3.63, 3.8) is 0 Å². The van der Waals surface area contributed by atoms with Gasteiger partial charge in [0.1, 0.15) is 0 Å². The summed E-state index contributed by atoms with van der Waals surface area (Å²) < 4.78 is 13.1. The Balaban J connectivity index is 2.07. The van der Waals surface area contributed by atoms with Crippen molar-refractivity contribution in [3.8, 4) is 0 Å². The summed E-state index contributed by atoms with van der Waals surface area (Å²) in [6.45, 7) is 8.01. The van der Waals surface area contributed by atoms with E-state index in [9.17, 15) is 4.21 Å². The third-order valence-electron chi connectivity index (χ3n) is 5.32. The zero-order valence-electron chi connectivity index (χ0n) is 13.6. The summed E-state index contributed by atoms with van der Waals surface area (Å²) in [5.74, 6) is 0. The Kier molecular flexibility index (Phi) is 6.09. The summed E-state index contributed by atoms with van der Waals surface area (Å²) in [6, 6.07) is 0.443. The lowest BCUT2D eigenvalue weighted by molar-refractivity contribution is 0.172. The summed E-state index contributed by atoms with van der Waals surface area (Å²) in [5, 5.41) is 4.60. The molecule has 0 saturated heterocycles. The van der Waals surface area contributed by atoms with E-state index in [0.29, 0.717) is 22.0 Å². The lowest BCUT2D eigenvalue weighted by Gasteiger charge is -2.45. The summed E-state index contributed by atoms with van der Waals surface area (Å²) >= 11 is 0. The molecule has 20 heavy (non-hydrogen) atoms. The van der Waals surface area contributed by atoms with Crippen molar-refractivity contribution in [1.29, 1.82) is 0 Å². The maximum Gasteiger partial charge on any atom is 0.0509 e. The van der Waals surface area contributed by atoms with Crippen LogP contribution in [0.2, 0.25) is 0 Å². The molecule has 0 amide bonds. The van der Waals surface area contributed by atoms with Crippen LogP contribution in [0.15, 0.2) is 0 Å². The van der Waals surface area contributed by atoms with E-state index in [1.165, 1.54) is 44.9 Å². The van der Waals surface area contributed by atoms with E-state index in [1.54, 1.807) is 0 Å². The van der Waals surface area contributed by atoms with Gasteiger partial charge < -0.3 is 5.32 Å². The first kappa shape index (κ1) is 16.5. The van der Waals surface area contributed by atoms with E-state index < -0.39 is 10.8 Å². The Hall–Kier alpha value is 0.110. The molecule has 2 aliphatic rings. The van der Waals surface area contributed by atoms with Gasteiger partial charge >= 0.3 is 0 Å². The zero-order valence-corrected chi connectivity index (χ0v) is 14.4. The maximum atomic E-state index is 13.1. The molecule has 2 saturated carbocycles. The van der Waals surface area contributed by atoms with Gasteiger partial charge in [0.2, 0.25) is 0 Å². The molecule has 118 valence electrons. The van der Waals surface area contributed by atoms with Crippen molar-refractivity contribution in [2.75, 3.05) is 6.54 Å². The maximum absolute atomic E-state index is 13.1. The van der Waals surface area contributed by atoms with E-state index >= 15 is 0 Å². The molecule has 0 aliphatic heterocycles. The van der Waals surface area contributed by atoms with Crippen molar-refractivity contribution in [2.24, 2.45) is 5.41 Å². The molecular weight excluding hydrogens is 266 g/mol. The first-order chi connectivity index (χ1) is 9.56. The van der Waals surface area contributed by atoms with Crippen LogP contribution in [-0.2, 0) is 10.8 Å². The largest absolute Gasteiger partial charge is 0.312 e. The summed E-state index contributed by atoms with van der Waals surface area (Å²) in [7, 11) is -0.636. The quantitative estimate of drug-likeness (QED) is 0.831. The topological polar surface area (TPSA) is 29.1 Å². The predicted octanol–water partition coefficient (Wildman–Crippen LogP) is 4.01. The molecular formula is C17H33NOS. The average molecular weight is 300 g/mol. The Morgan fingerprint density at radius 3 is 2.45 bits per heavy atom. The van der Waals surface area contributed by atoms with Crippen LogP contribution in [0.25, 0.3) is 0 Å². The number of rotatable bonds is 5. The van der Waals surface area contributed by atoms with Crippen molar-refractivity contribution >= 4 is 10.8 Å². The molecule has 2 nitrogen and oxygen atoms in total. The fraction of sp³-hybridized carbons (Fsp3) is 1.00. The minimum Gasteiger partial charge on any atom is -0.312 e. The first-order valence-corrected chi connectivity index (χ1v) is 9.96. The van der Waals surface area contributed by atoms with E-state index in [2.05, 4.69) is 26.1 Å². The Morgan fingerprint density at radius 1 is 1.10 bits per heavy atom. The van der Waals surface area contributed by atoms with Crippen LogP contribution in [0.1, 0.15) is 78.6 Å². The second-order valence-corrected chi connectivity index (χ2v) is 9.37. The molecule has 3 heteroatoms. The first-order valence-electron chi connectivity index (χ1n) is 8.69. The SMILES string of the molecule is CCCNC1C(S(=O)C2CCCCC2)CCCC1(C)C. The molecule has 0 aromatic heterocycles. The predicted molar refractivity (Wildman–Crippen MR) is 88.5 cm³/mol. The summed E-state index contributed by atoms with van der Waals surface area (Å²) in [4.78, 5) is 0. The fourth-order valence-electron chi connectivity index (χ4n) is 4.09. The van der Waals surface area contributed by atoms with Gasteiger partial charge in [-0.25, -0.2) is 0 Å². The van der Waals surface area contributed by atoms with Crippen LogP contribution in [0.4, 0.5) is 0 Å². The second kappa shape index (κ2) is 7.40. The number of nitrogens with one attached hydrogen (secondary N) is 1. The van der Waals surface area contributed by atoms with Crippen molar-refractivity contribution in [2.45, 2.75) is 95.1 Å². The minimum atomic E-state index is -0.636. The normalized spacial score (nSPS) is 33.0. The van der Waals surface area contributed by atoms with Crippen LogP contribution in [0.3, 0.4) is 0 Å². The van der Waals surface area contributed by atoms with E-state index in [0.717, 1.165) is 19.4 Å². The standard InChI is InChI=1S/C17H33NOS/c1-4-13-18-16-15(11-8-12-17(16,2)3)20(19)14-9-6-5-7-10-14/h14-16,18H,4-13H2,1-3H3. The summed E-state index contributed by atoms with van der Waals surface area (Å²) in [6.07, 6.45) is 11.2. The molecule has 2 aliphatic carbocycles. The van der Waals surface area contributed by atoms with Gasteiger partial charge in [-0.2, -0.15) is 0 Å². The van der Waals surface area contributed by atoms with Gasteiger partial charge in [-0.15, -0.1) is 0 Å². The lowest BCUT2D eigenvalue weighted by atomic mass is 9.73. The van der Waals surface area contributed by atoms with Crippen LogP contribution in [0.5, 0.6) is 0 Å². The molecule has 0 bridgehead atoms. The molecule has 0 heterocycles. The molecule has 0 aromatic rings. The highest BCUT2D eigenvalue weighted by Gasteiger charge is 2.42. The van der Waals surface area contributed by atoms with Gasteiger partial charge in [0.25, 0.3) is 0 Å². The summed E-state index contributed by atoms with van der Waals surface area (Å²) in [5.41, 5.74) is 0.294. The molecule has 3 unspecified atom stereocenters. The number of hydrogen-bond donors (Lipinski definition) is 1. The molecule has 1 N–H and O–H groups in total. The lowest BCUT2D eigenvalue weighted by Crippen LogP contribution is -2.55. The van der Waals surface area contributed by atoms with E-state index in [1.807, 2.05) is 0 Å². The highest BCUT2D eigenvalue weighted by molar-refractivity contribution is 7.86. The van der Waals surface area contributed by atoms with E-state index in [4.69, 9.17) is 0 Å². The third-order valence-corrected chi connectivity index (χ3v) is 7.55. The van der Waals surface area contributed by atoms with Gasteiger partial charge in [-0.3, -0.25) is 4.21 Å². The van der Waals surface area contributed by atoms with Crippen molar-refractivity contribution < 1.29 is 4.21 Å². The minimum absolute atomic E-state index is 0.294.